The van der Waals surface area contributed by atoms with E-state index in [4.69, 9.17) is 44.4 Å². The highest BCUT2D eigenvalue weighted by atomic mass is 35.5. The van der Waals surface area contributed by atoms with E-state index in [2.05, 4.69) is 9.97 Å². The van der Waals surface area contributed by atoms with E-state index in [0.717, 1.165) is 0 Å². The summed E-state index contributed by atoms with van der Waals surface area (Å²) in [5.74, 6) is 0.876. The van der Waals surface area contributed by atoms with Crippen molar-refractivity contribution < 1.29 is 4.74 Å². The summed E-state index contributed by atoms with van der Waals surface area (Å²) in [6, 6.07) is 13.9. The van der Waals surface area contributed by atoms with Gasteiger partial charge < -0.3 is 21.1 Å². The van der Waals surface area contributed by atoms with Crippen molar-refractivity contribution in [3.8, 4) is 5.69 Å². The molecular formula is C22H19Cl2N7O2. The van der Waals surface area contributed by atoms with Crippen LogP contribution in [0.3, 0.4) is 0 Å². The van der Waals surface area contributed by atoms with Gasteiger partial charge in [-0.25, -0.2) is 4.98 Å². The third-order valence-corrected chi connectivity index (χ3v) is 6.14. The van der Waals surface area contributed by atoms with Crippen LogP contribution in [-0.4, -0.2) is 39.3 Å². The molecule has 1 fully saturated rings. The van der Waals surface area contributed by atoms with Crippen molar-refractivity contribution in [3.05, 3.63) is 74.8 Å². The van der Waals surface area contributed by atoms with Gasteiger partial charge in [0.25, 0.3) is 5.56 Å². The van der Waals surface area contributed by atoms with Crippen molar-refractivity contribution in [3.63, 3.8) is 0 Å². The smallest absolute Gasteiger partial charge is 0.267 e. The minimum Gasteiger partial charge on any atom is -0.382 e. The summed E-state index contributed by atoms with van der Waals surface area (Å²) in [5, 5.41) is 0.842. The molecule has 3 heterocycles. The zero-order valence-electron chi connectivity index (χ0n) is 17.3. The van der Waals surface area contributed by atoms with Gasteiger partial charge in [-0.3, -0.25) is 9.36 Å². The maximum atomic E-state index is 13.7. The summed E-state index contributed by atoms with van der Waals surface area (Å²) < 4.78 is 7.33. The van der Waals surface area contributed by atoms with Gasteiger partial charge in [0.1, 0.15) is 22.7 Å². The molecular weight excluding hydrogens is 465 g/mol. The van der Waals surface area contributed by atoms with Gasteiger partial charge in [-0.2, -0.15) is 9.97 Å². The lowest BCUT2D eigenvalue weighted by atomic mass is 10.1. The molecule has 0 amide bonds. The minimum atomic E-state index is -0.513. The molecule has 1 aliphatic heterocycles. The number of hydrogen-bond donors (Lipinski definition) is 2. The number of hydrogen-bond acceptors (Lipinski definition) is 8. The van der Waals surface area contributed by atoms with Crippen molar-refractivity contribution in [2.45, 2.75) is 6.04 Å². The van der Waals surface area contributed by atoms with Crippen LogP contribution >= 0.6 is 23.2 Å². The number of fused-ring (bicyclic) bond motifs is 1. The molecule has 0 radical (unpaired) electrons. The minimum absolute atomic E-state index is 0.00385. The monoisotopic (exact) mass is 483 g/mol. The predicted molar refractivity (Wildman–Crippen MR) is 129 cm³/mol. The number of aromatic nitrogens is 4. The van der Waals surface area contributed by atoms with E-state index in [9.17, 15) is 4.79 Å². The van der Waals surface area contributed by atoms with Gasteiger partial charge in [0, 0.05) is 6.54 Å². The Morgan fingerprint density at radius 3 is 2.58 bits per heavy atom. The quantitative estimate of drug-likeness (QED) is 0.454. The van der Waals surface area contributed by atoms with E-state index in [0.29, 0.717) is 46.4 Å². The number of nitrogen functional groups attached to an aromatic ring is 2. The lowest BCUT2D eigenvalue weighted by Gasteiger charge is -2.37. The van der Waals surface area contributed by atoms with Crippen LogP contribution in [0.25, 0.3) is 16.6 Å². The molecule has 4 N–H and O–H groups in total. The second kappa shape index (κ2) is 8.51. The molecule has 168 valence electrons. The van der Waals surface area contributed by atoms with Gasteiger partial charge in [-0.05, 0) is 24.3 Å². The van der Waals surface area contributed by atoms with Gasteiger partial charge in [-0.1, -0.05) is 47.5 Å². The maximum Gasteiger partial charge on any atom is 0.267 e. The van der Waals surface area contributed by atoms with Gasteiger partial charge in [0.15, 0.2) is 5.82 Å². The number of benzene rings is 2. The molecule has 9 nitrogen and oxygen atoms in total. The van der Waals surface area contributed by atoms with Crippen molar-refractivity contribution >= 4 is 51.7 Å². The standard InChI is InChI=1S/C22H19Cl2N7O2/c23-13-7-4-8-14-16(13)21(32)31(12-5-2-1-3-6-12)19(27-14)15-11-33-10-9-30(15)20-17(24)18(25)28-22(26)29-20/h1-8,15H,9-11H2,(H4,25,26,28,29). The molecule has 2 aromatic carbocycles. The van der Waals surface area contributed by atoms with Crippen LogP contribution in [0.1, 0.15) is 11.9 Å². The van der Waals surface area contributed by atoms with E-state index in [1.807, 2.05) is 35.2 Å². The molecule has 1 atom stereocenters. The molecule has 1 aliphatic rings. The van der Waals surface area contributed by atoms with Crippen molar-refractivity contribution in [2.24, 2.45) is 0 Å². The fourth-order valence-electron chi connectivity index (χ4n) is 3.99. The number of morpholine rings is 1. The first-order valence-electron chi connectivity index (χ1n) is 10.1. The van der Waals surface area contributed by atoms with Crippen LogP contribution in [0.5, 0.6) is 0 Å². The summed E-state index contributed by atoms with van der Waals surface area (Å²) in [6.07, 6.45) is 0. The first-order valence-corrected chi connectivity index (χ1v) is 10.9. The van der Waals surface area contributed by atoms with Crippen LogP contribution in [0.4, 0.5) is 17.6 Å². The van der Waals surface area contributed by atoms with Crippen molar-refractivity contribution in [1.29, 1.82) is 0 Å². The van der Waals surface area contributed by atoms with Crippen molar-refractivity contribution in [2.75, 3.05) is 36.1 Å². The van der Waals surface area contributed by atoms with Crippen molar-refractivity contribution in [1.82, 2.24) is 19.5 Å². The average Bonchev–Trinajstić information content (AvgIpc) is 2.82. The van der Waals surface area contributed by atoms with Crippen LogP contribution in [-0.2, 0) is 4.74 Å². The summed E-state index contributed by atoms with van der Waals surface area (Å²) in [7, 11) is 0. The number of anilines is 3. The number of nitrogens with two attached hydrogens (primary N) is 2. The third kappa shape index (κ3) is 3.74. The first-order chi connectivity index (χ1) is 16.0. The zero-order chi connectivity index (χ0) is 23.1. The Labute approximate surface area is 198 Å². The van der Waals surface area contributed by atoms with E-state index < -0.39 is 6.04 Å². The van der Waals surface area contributed by atoms with Crippen LogP contribution in [0, 0.1) is 0 Å². The highest BCUT2D eigenvalue weighted by Gasteiger charge is 2.33. The second-order valence-electron chi connectivity index (χ2n) is 7.47. The molecule has 33 heavy (non-hydrogen) atoms. The topological polar surface area (TPSA) is 125 Å². The SMILES string of the molecule is Nc1nc(N)c(Cl)c(N2CCOCC2c2nc3cccc(Cl)c3c(=O)n2-c2ccccc2)n1. The van der Waals surface area contributed by atoms with E-state index in [1.54, 1.807) is 22.8 Å². The number of nitrogens with zero attached hydrogens (tertiary/aromatic N) is 5. The summed E-state index contributed by atoms with van der Waals surface area (Å²) in [6.45, 7) is 1.09. The fraction of sp³-hybridized carbons (Fsp3) is 0.182. The molecule has 2 aromatic heterocycles. The number of rotatable bonds is 3. The Hall–Kier alpha value is -3.40. The Morgan fingerprint density at radius 2 is 1.79 bits per heavy atom. The molecule has 0 bridgehead atoms. The Bertz CT molecular complexity index is 1410. The maximum absolute atomic E-state index is 13.7. The number of ether oxygens (including phenoxy) is 1. The van der Waals surface area contributed by atoms with Crippen LogP contribution in [0.2, 0.25) is 10.0 Å². The van der Waals surface area contributed by atoms with Gasteiger partial charge in [-0.15, -0.1) is 0 Å². The highest BCUT2D eigenvalue weighted by molar-refractivity contribution is 6.35. The summed E-state index contributed by atoms with van der Waals surface area (Å²) >= 11 is 12.9. The molecule has 1 saturated heterocycles. The van der Waals surface area contributed by atoms with E-state index in [-0.39, 0.29) is 29.0 Å². The molecule has 0 saturated carbocycles. The van der Waals surface area contributed by atoms with Crippen LogP contribution in [0.15, 0.2) is 53.3 Å². The predicted octanol–water partition coefficient (Wildman–Crippen LogP) is 3.22. The molecule has 0 spiro atoms. The first kappa shape index (κ1) is 21.4. The van der Waals surface area contributed by atoms with E-state index >= 15 is 0 Å². The third-order valence-electron chi connectivity index (χ3n) is 5.46. The van der Waals surface area contributed by atoms with Gasteiger partial charge in [0.05, 0.1) is 34.8 Å². The number of para-hydroxylation sites is 1. The van der Waals surface area contributed by atoms with Gasteiger partial charge in [0.2, 0.25) is 5.95 Å². The lowest BCUT2D eigenvalue weighted by Crippen LogP contribution is -2.43. The normalized spacial score (nSPS) is 16.3. The molecule has 0 aliphatic carbocycles. The van der Waals surface area contributed by atoms with E-state index in [1.165, 1.54) is 0 Å². The summed E-state index contributed by atoms with van der Waals surface area (Å²) in [4.78, 5) is 28.7. The highest BCUT2D eigenvalue weighted by Crippen LogP contribution is 2.36. The molecule has 11 heteroatoms. The summed E-state index contributed by atoms with van der Waals surface area (Å²) in [5.41, 5.74) is 12.6. The number of halogens is 2. The molecule has 5 rings (SSSR count). The average molecular weight is 484 g/mol. The molecule has 1 unspecified atom stereocenters. The zero-order valence-corrected chi connectivity index (χ0v) is 18.8. The van der Waals surface area contributed by atoms with Crippen LogP contribution < -0.4 is 21.9 Å². The van der Waals surface area contributed by atoms with Gasteiger partial charge >= 0.3 is 0 Å². The Balaban J connectivity index is 1.79. The Kier molecular flexibility index (Phi) is 5.53. The fourth-order valence-corrected chi connectivity index (χ4v) is 4.43. The Morgan fingerprint density at radius 1 is 1.00 bits per heavy atom. The largest absolute Gasteiger partial charge is 0.382 e. The molecule has 4 aromatic rings. The second-order valence-corrected chi connectivity index (χ2v) is 8.25. The lowest BCUT2D eigenvalue weighted by molar-refractivity contribution is 0.0906.